The number of carbonyl (C=O) groups is 3. The van der Waals surface area contributed by atoms with Crippen molar-refractivity contribution in [2.45, 2.75) is 207 Å². The molecular formula is C61H94O6. The number of carbonyl (C=O) groups excluding carboxylic acids is 3. The molecule has 0 bridgehead atoms. The van der Waals surface area contributed by atoms with E-state index in [1.54, 1.807) is 0 Å². The van der Waals surface area contributed by atoms with Crippen LogP contribution in [-0.4, -0.2) is 37.2 Å². The van der Waals surface area contributed by atoms with E-state index in [1.807, 2.05) is 109 Å². The lowest BCUT2D eigenvalue weighted by Crippen LogP contribution is -2.30. The Morgan fingerprint density at radius 3 is 0.985 bits per heavy atom. The van der Waals surface area contributed by atoms with Gasteiger partial charge >= 0.3 is 17.9 Å². The van der Waals surface area contributed by atoms with Crippen molar-refractivity contribution < 1.29 is 28.6 Å². The van der Waals surface area contributed by atoms with Gasteiger partial charge in [-0.3, -0.25) is 14.4 Å². The maximum absolute atomic E-state index is 12.8. The third-order valence-corrected chi connectivity index (χ3v) is 10.6. The van der Waals surface area contributed by atoms with Crippen molar-refractivity contribution in [2.24, 2.45) is 0 Å². The topological polar surface area (TPSA) is 78.9 Å². The molecule has 0 aromatic rings. The van der Waals surface area contributed by atoms with E-state index in [1.165, 1.54) is 64.2 Å². The van der Waals surface area contributed by atoms with Gasteiger partial charge in [-0.25, -0.2) is 0 Å². The van der Waals surface area contributed by atoms with E-state index in [0.29, 0.717) is 12.8 Å². The molecule has 1 unspecified atom stereocenters. The minimum atomic E-state index is -0.816. The normalized spacial score (nSPS) is 13.3. The first-order valence-corrected chi connectivity index (χ1v) is 26.5. The van der Waals surface area contributed by atoms with Crippen molar-refractivity contribution in [3.05, 3.63) is 146 Å². The third kappa shape index (κ3) is 52.1. The lowest BCUT2D eigenvalue weighted by Gasteiger charge is -2.18. The zero-order valence-electron chi connectivity index (χ0n) is 42.6. The van der Waals surface area contributed by atoms with Crippen LogP contribution >= 0.6 is 0 Å². The SMILES string of the molecule is CC\C=C/C=C\C=C/C=C\C=C\C=C/C=C\CCCCCC(=O)OCC(COC(=O)CCCCCCCCCCCCCC)OC(=O)CCCCCCC\C=C/C=C\C=C/C=C\C=C/CCC. The van der Waals surface area contributed by atoms with Crippen LogP contribution in [0.15, 0.2) is 146 Å². The Morgan fingerprint density at radius 2 is 0.612 bits per heavy atom. The predicted molar refractivity (Wildman–Crippen MR) is 288 cm³/mol. The lowest BCUT2D eigenvalue weighted by molar-refractivity contribution is -0.167. The molecule has 0 N–H and O–H groups in total. The van der Waals surface area contributed by atoms with Crippen LogP contribution in [0.25, 0.3) is 0 Å². The van der Waals surface area contributed by atoms with E-state index in [0.717, 1.165) is 96.3 Å². The summed E-state index contributed by atoms with van der Waals surface area (Å²) in [6, 6.07) is 0. The van der Waals surface area contributed by atoms with E-state index in [4.69, 9.17) is 14.2 Å². The van der Waals surface area contributed by atoms with Gasteiger partial charge in [0.05, 0.1) is 0 Å². The highest BCUT2D eigenvalue weighted by Gasteiger charge is 2.19. The molecule has 0 fully saturated rings. The summed E-state index contributed by atoms with van der Waals surface area (Å²) in [5, 5.41) is 0. The van der Waals surface area contributed by atoms with E-state index >= 15 is 0 Å². The predicted octanol–water partition coefficient (Wildman–Crippen LogP) is 17.6. The highest BCUT2D eigenvalue weighted by molar-refractivity contribution is 5.71. The molecule has 0 aliphatic carbocycles. The van der Waals surface area contributed by atoms with Gasteiger partial charge in [0.25, 0.3) is 0 Å². The Labute approximate surface area is 410 Å². The molecule has 0 heterocycles. The molecule has 0 amide bonds. The highest BCUT2D eigenvalue weighted by Crippen LogP contribution is 2.14. The zero-order valence-corrected chi connectivity index (χ0v) is 42.6. The quantitative estimate of drug-likeness (QED) is 0.0262. The number of ether oxygens (including phenoxy) is 3. The maximum Gasteiger partial charge on any atom is 0.306 e. The molecule has 6 nitrogen and oxygen atoms in total. The number of hydrogen-bond donors (Lipinski definition) is 0. The fraction of sp³-hybridized carbons (Fsp3) is 0.557. The monoisotopic (exact) mass is 923 g/mol. The van der Waals surface area contributed by atoms with Crippen LogP contribution in [-0.2, 0) is 28.6 Å². The number of esters is 3. The smallest absolute Gasteiger partial charge is 0.306 e. The van der Waals surface area contributed by atoms with E-state index < -0.39 is 6.10 Å². The Bertz CT molecular complexity index is 1530. The molecule has 0 aromatic carbocycles. The molecule has 6 heteroatoms. The fourth-order valence-corrected chi connectivity index (χ4v) is 6.69. The Balaban J connectivity index is 4.57. The van der Waals surface area contributed by atoms with Crippen molar-refractivity contribution >= 4 is 17.9 Å². The molecule has 0 saturated heterocycles. The van der Waals surface area contributed by atoms with Crippen molar-refractivity contribution in [3.8, 4) is 0 Å². The van der Waals surface area contributed by atoms with Crippen molar-refractivity contribution in [3.63, 3.8) is 0 Å². The molecule has 0 aromatic heterocycles. The van der Waals surface area contributed by atoms with Gasteiger partial charge in [0.1, 0.15) is 13.2 Å². The maximum atomic E-state index is 12.8. The molecule has 0 aliphatic heterocycles. The number of unbranched alkanes of at least 4 members (excludes halogenated alkanes) is 20. The summed E-state index contributed by atoms with van der Waals surface area (Å²) in [5.74, 6) is -0.990. The molecule has 0 radical (unpaired) electrons. The molecule has 67 heavy (non-hydrogen) atoms. The van der Waals surface area contributed by atoms with Crippen LogP contribution in [0, 0.1) is 0 Å². The van der Waals surface area contributed by atoms with E-state index in [2.05, 4.69) is 57.2 Å². The van der Waals surface area contributed by atoms with Gasteiger partial charge in [-0.15, -0.1) is 0 Å². The highest BCUT2D eigenvalue weighted by atomic mass is 16.6. The number of allylic oxidation sites excluding steroid dienone is 24. The first-order valence-electron chi connectivity index (χ1n) is 26.5. The van der Waals surface area contributed by atoms with Gasteiger partial charge in [-0.1, -0.05) is 269 Å². The van der Waals surface area contributed by atoms with Gasteiger partial charge in [0.2, 0.25) is 0 Å². The second kappa shape index (κ2) is 53.9. The fourth-order valence-electron chi connectivity index (χ4n) is 6.69. The summed E-state index contributed by atoms with van der Waals surface area (Å²) >= 11 is 0. The summed E-state index contributed by atoms with van der Waals surface area (Å²) in [6.07, 6.45) is 76.7. The zero-order chi connectivity index (χ0) is 48.6. The molecule has 374 valence electrons. The lowest BCUT2D eigenvalue weighted by atomic mass is 10.0. The molecule has 0 spiro atoms. The number of rotatable bonds is 45. The van der Waals surface area contributed by atoms with Crippen molar-refractivity contribution in [1.82, 2.24) is 0 Å². The van der Waals surface area contributed by atoms with Crippen LogP contribution < -0.4 is 0 Å². The van der Waals surface area contributed by atoms with Crippen LogP contribution in [0.5, 0.6) is 0 Å². The van der Waals surface area contributed by atoms with Gasteiger partial charge in [-0.2, -0.15) is 0 Å². The number of hydrogen-bond acceptors (Lipinski definition) is 6. The Kier molecular flexibility index (Phi) is 50.1. The third-order valence-electron chi connectivity index (χ3n) is 10.6. The summed E-state index contributed by atoms with van der Waals surface area (Å²) in [4.78, 5) is 38.0. The molecule has 0 saturated carbocycles. The average molecular weight is 923 g/mol. The first-order chi connectivity index (χ1) is 33.0. The largest absolute Gasteiger partial charge is 0.462 e. The van der Waals surface area contributed by atoms with Crippen LogP contribution in [0.2, 0.25) is 0 Å². The summed E-state index contributed by atoms with van der Waals surface area (Å²) in [7, 11) is 0. The van der Waals surface area contributed by atoms with Gasteiger partial charge in [0.15, 0.2) is 6.10 Å². The van der Waals surface area contributed by atoms with Gasteiger partial charge in [-0.05, 0) is 57.8 Å². The average Bonchev–Trinajstić information content (AvgIpc) is 3.33. The van der Waals surface area contributed by atoms with Crippen LogP contribution in [0.4, 0.5) is 0 Å². The standard InChI is InChI=1S/C61H94O6/c1-4-7-10-13-16-19-22-25-27-29-31-33-34-36-39-42-45-48-51-54-60(63)66-57-58(56-65-59(62)53-50-47-44-41-38-24-21-18-15-12-9-6-3)67-61(64)55-52-49-46-43-40-37-35-32-30-28-26-23-20-17-14-11-8-5-2/h7,10-11,13-14,16-17,19-20,22-23,25-36,39,58H,4-6,8-9,12,15,18,21,24,37-38,40-57H2,1-3H3/b10-7-,14-11-,16-13-,20-17-,22-19-,26-23-,27-25-,30-28-,31-29+,34-33-,35-32-,39-36-. The molecule has 0 rings (SSSR count). The summed E-state index contributed by atoms with van der Waals surface area (Å²) in [6.45, 7) is 6.32. The Morgan fingerprint density at radius 1 is 0.313 bits per heavy atom. The van der Waals surface area contributed by atoms with Crippen molar-refractivity contribution in [2.75, 3.05) is 13.2 Å². The Hall–Kier alpha value is -4.71. The van der Waals surface area contributed by atoms with Crippen LogP contribution in [0.1, 0.15) is 201 Å². The van der Waals surface area contributed by atoms with Gasteiger partial charge < -0.3 is 14.2 Å². The van der Waals surface area contributed by atoms with Gasteiger partial charge in [0, 0.05) is 19.3 Å². The second-order valence-corrected chi connectivity index (χ2v) is 17.0. The molecule has 0 aliphatic rings. The summed E-state index contributed by atoms with van der Waals surface area (Å²) in [5.41, 5.74) is 0. The van der Waals surface area contributed by atoms with E-state index in [9.17, 15) is 14.4 Å². The molecular weight excluding hydrogens is 829 g/mol. The minimum absolute atomic E-state index is 0.108. The second-order valence-electron chi connectivity index (χ2n) is 17.0. The van der Waals surface area contributed by atoms with E-state index in [-0.39, 0.29) is 37.5 Å². The summed E-state index contributed by atoms with van der Waals surface area (Å²) < 4.78 is 16.8. The minimum Gasteiger partial charge on any atom is -0.462 e. The first kappa shape index (κ1) is 62.3. The molecule has 1 atom stereocenters. The van der Waals surface area contributed by atoms with Crippen molar-refractivity contribution in [1.29, 1.82) is 0 Å². The van der Waals surface area contributed by atoms with Crippen LogP contribution in [0.3, 0.4) is 0 Å².